The number of pyridine rings is 1. The van der Waals surface area contributed by atoms with Crippen molar-refractivity contribution in [2.75, 3.05) is 70.4 Å². The van der Waals surface area contributed by atoms with Crippen molar-refractivity contribution in [1.29, 1.82) is 0 Å². The van der Waals surface area contributed by atoms with Gasteiger partial charge in [-0.05, 0) is 104 Å². The van der Waals surface area contributed by atoms with Gasteiger partial charge in [0.2, 0.25) is 0 Å². The van der Waals surface area contributed by atoms with E-state index in [-0.39, 0.29) is 85.9 Å². The van der Waals surface area contributed by atoms with Gasteiger partial charge in [-0.2, -0.15) is 9.97 Å². The zero-order valence-corrected chi connectivity index (χ0v) is 43.0. The summed E-state index contributed by atoms with van der Waals surface area (Å²) in [5.74, 6) is 0.914. The summed E-state index contributed by atoms with van der Waals surface area (Å²) in [6.07, 6.45) is 11.9. The van der Waals surface area contributed by atoms with E-state index >= 15 is 8.78 Å². The number of terminal acetylenes is 1. The molecule has 2 aromatic heterocycles. The third-order valence-electron chi connectivity index (χ3n) is 16.3. The summed E-state index contributed by atoms with van der Waals surface area (Å²) in [6, 6.07) is 15.6. The van der Waals surface area contributed by atoms with Crippen LogP contribution in [0.1, 0.15) is 90.5 Å². The van der Waals surface area contributed by atoms with Gasteiger partial charge in [0.1, 0.15) is 40.1 Å². The van der Waals surface area contributed by atoms with Gasteiger partial charge in [-0.3, -0.25) is 19.6 Å². The fourth-order valence-electron chi connectivity index (χ4n) is 12.1. The maximum atomic E-state index is 17.2. The highest BCUT2D eigenvalue weighted by Gasteiger charge is 2.46. The lowest BCUT2D eigenvalue weighted by Gasteiger charge is -2.43. The highest BCUT2D eigenvalue weighted by Crippen LogP contribution is 2.47. The van der Waals surface area contributed by atoms with Gasteiger partial charge in [0, 0.05) is 112 Å². The fourth-order valence-corrected chi connectivity index (χ4v) is 12.1. The van der Waals surface area contributed by atoms with Crippen molar-refractivity contribution in [3.05, 3.63) is 106 Å². The summed E-state index contributed by atoms with van der Waals surface area (Å²) in [6.45, 7) is 16.2. The second kappa shape index (κ2) is 20.5. The number of piperazine rings is 2. The number of aromatic hydroxyl groups is 3. The van der Waals surface area contributed by atoms with Crippen LogP contribution in [-0.4, -0.2) is 147 Å². The first-order valence-corrected chi connectivity index (χ1v) is 26.4. The van der Waals surface area contributed by atoms with Crippen LogP contribution in [0.25, 0.3) is 32.9 Å². The van der Waals surface area contributed by atoms with Crippen LogP contribution < -0.4 is 15.0 Å². The lowest BCUT2D eigenvalue weighted by Crippen LogP contribution is -2.55. The zero-order valence-electron chi connectivity index (χ0n) is 43.0. The molecular weight excluding hydrogens is 952 g/mol. The van der Waals surface area contributed by atoms with E-state index in [9.17, 15) is 20.1 Å². The van der Waals surface area contributed by atoms with Gasteiger partial charge < -0.3 is 40.1 Å². The molecule has 1 amide bonds. The number of halogens is 2. The van der Waals surface area contributed by atoms with Crippen molar-refractivity contribution in [2.24, 2.45) is 5.41 Å². The van der Waals surface area contributed by atoms with E-state index in [1.165, 1.54) is 42.1 Å². The SMILES string of the molecule is [B]CC1CN(c2nc(OCC3(CN4CCN(C5CCN(Cc6ccc7c(c6)CN(C(=O)c6cc(C(C)C)c(O)cc6O)C7)CC5)CC4)CC3)nc3c(F)c(-c4cc(O)cc5ccc(F)c(C#C)c45)ncc23)CC(C)N1. The number of benzene rings is 4. The Bertz CT molecular complexity index is 3220. The molecular formula is C58H64BF2N9O5. The molecule has 0 spiro atoms. The number of ether oxygens (including phenoxy) is 1. The van der Waals surface area contributed by atoms with Crippen LogP contribution in [0.4, 0.5) is 14.6 Å². The minimum Gasteiger partial charge on any atom is -0.508 e. The molecule has 4 aromatic carbocycles. The first-order valence-electron chi connectivity index (χ1n) is 26.4. The minimum absolute atomic E-state index is 0.00186. The summed E-state index contributed by atoms with van der Waals surface area (Å²) in [5.41, 5.74) is 4.24. The highest BCUT2D eigenvalue weighted by molar-refractivity contribution is 6.09. The Hall–Kier alpha value is -6.58. The number of phenolic OH excluding ortho intramolecular Hbond substituents is 3. The van der Waals surface area contributed by atoms with Gasteiger partial charge in [-0.15, -0.1) is 6.42 Å². The van der Waals surface area contributed by atoms with Gasteiger partial charge in [0.15, 0.2) is 5.82 Å². The van der Waals surface area contributed by atoms with Crippen molar-refractivity contribution in [1.82, 2.24) is 39.9 Å². The van der Waals surface area contributed by atoms with E-state index in [4.69, 9.17) is 29.0 Å². The summed E-state index contributed by atoms with van der Waals surface area (Å²) < 4.78 is 38.8. The molecule has 0 bridgehead atoms. The number of piperidine rings is 1. The van der Waals surface area contributed by atoms with E-state index in [2.05, 4.69) is 60.9 Å². The van der Waals surface area contributed by atoms with Gasteiger partial charge in [0.25, 0.3) is 5.91 Å². The smallest absolute Gasteiger partial charge is 0.319 e. The number of hydrogen-bond donors (Lipinski definition) is 4. The number of rotatable bonds is 13. The minimum atomic E-state index is -0.762. The number of amides is 1. The van der Waals surface area contributed by atoms with Crippen LogP contribution in [-0.2, 0) is 19.6 Å². The number of nitrogens with zero attached hydrogens (tertiary/aromatic N) is 8. The Balaban J connectivity index is 0.715. The summed E-state index contributed by atoms with van der Waals surface area (Å²) >= 11 is 0. The van der Waals surface area contributed by atoms with E-state index in [0.29, 0.717) is 67.3 Å². The first kappa shape index (κ1) is 50.6. The number of carbonyl (C=O) groups excluding carboxylic acids is 1. The van der Waals surface area contributed by atoms with E-state index in [1.807, 2.05) is 13.8 Å². The van der Waals surface area contributed by atoms with Crippen molar-refractivity contribution >= 4 is 41.2 Å². The van der Waals surface area contributed by atoms with E-state index in [0.717, 1.165) is 89.2 Å². The number of nitrogens with one attached hydrogen (secondary N) is 1. The average Bonchev–Trinajstić information content (AvgIpc) is 4.05. The molecule has 75 heavy (non-hydrogen) atoms. The lowest BCUT2D eigenvalue weighted by molar-refractivity contribution is 0.0453. The molecule has 6 aromatic rings. The second-order valence-electron chi connectivity index (χ2n) is 22.0. The van der Waals surface area contributed by atoms with Crippen LogP contribution in [0.3, 0.4) is 0 Å². The molecule has 4 fully saturated rings. The molecule has 388 valence electrons. The molecule has 4 aliphatic heterocycles. The predicted molar refractivity (Wildman–Crippen MR) is 286 cm³/mol. The van der Waals surface area contributed by atoms with Gasteiger partial charge in [0.05, 0.1) is 31.0 Å². The predicted octanol–water partition coefficient (Wildman–Crippen LogP) is 7.70. The van der Waals surface area contributed by atoms with Crippen LogP contribution in [0, 0.1) is 29.4 Å². The molecule has 2 atom stereocenters. The van der Waals surface area contributed by atoms with E-state index in [1.54, 1.807) is 11.0 Å². The molecule has 1 aliphatic carbocycles. The number of phenols is 3. The van der Waals surface area contributed by atoms with E-state index < -0.39 is 11.6 Å². The monoisotopic (exact) mass is 1020 g/mol. The summed E-state index contributed by atoms with van der Waals surface area (Å²) in [4.78, 5) is 39.4. The maximum absolute atomic E-state index is 17.2. The Morgan fingerprint density at radius 3 is 2.44 bits per heavy atom. The zero-order chi connectivity index (χ0) is 52.3. The molecule has 11 rings (SSSR count). The first-order chi connectivity index (χ1) is 36.2. The van der Waals surface area contributed by atoms with Gasteiger partial charge >= 0.3 is 6.01 Å². The van der Waals surface area contributed by atoms with Crippen molar-refractivity contribution in [3.8, 4) is 46.9 Å². The standard InChI is InChI=1S/C58H64BF2N9O5/c1-5-43-48(60)9-8-37-21-42(71)22-46(51(37)43)53-52(61)54-47(26-62-53)55(69-27-35(4)63-40(25-59)31-69)65-57(64-54)75-33-58(12-13-58)32-67-16-18-68(19-17-67)41-10-14-66(15-11-41)28-36-6-7-38-29-70(30-39(38)20-36)56(74)45-23-44(34(2)3)49(72)24-50(45)73/h1,6-9,20-24,26,34-35,40-41,63,71-73H,10-19,25,27-33H2,2-4H3. The van der Waals surface area contributed by atoms with Crippen molar-refractivity contribution in [3.63, 3.8) is 0 Å². The maximum Gasteiger partial charge on any atom is 0.319 e. The number of fused-ring (bicyclic) bond motifs is 3. The average molecular weight is 1020 g/mol. The molecule has 2 radical (unpaired) electrons. The Morgan fingerprint density at radius 2 is 1.71 bits per heavy atom. The fraction of sp³-hybridized carbons (Fsp3) is 0.448. The Morgan fingerprint density at radius 1 is 0.933 bits per heavy atom. The Labute approximate surface area is 438 Å². The van der Waals surface area contributed by atoms with Crippen LogP contribution in [0.15, 0.2) is 60.8 Å². The van der Waals surface area contributed by atoms with Crippen LogP contribution >= 0.6 is 0 Å². The van der Waals surface area contributed by atoms with Crippen molar-refractivity contribution < 1.29 is 33.6 Å². The number of anilines is 1. The molecule has 17 heteroatoms. The molecule has 2 unspecified atom stereocenters. The van der Waals surface area contributed by atoms with Gasteiger partial charge in [-0.1, -0.05) is 50.4 Å². The molecule has 6 heterocycles. The highest BCUT2D eigenvalue weighted by atomic mass is 19.1. The summed E-state index contributed by atoms with van der Waals surface area (Å²) in [7, 11) is 6.14. The molecule has 1 saturated carbocycles. The number of hydrogen-bond acceptors (Lipinski definition) is 13. The third-order valence-corrected chi connectivity index (χ3v) is 16.3. The topological polar surface area (TPSA) is 154 Å². The van der Waals surface area contributed by atoms with Crippen LogP contribution in [0.5, 0.6) is 23.3 Å². The Kier molecular flexibility index (Phi) is 13.8. The lowest BCUT2D eigenvalue weighted by atomic mass is 9.94. The molecule has 5 aliphatic rings. The summed E-state index contributed by atoms with van der Waals surface area (Å²) in [5, 5.41) is 36.2. The largest absolute Gasteiger partial charge is 0.508 e. The molecule has 4 N–H and O–H groups in total. The molecule has 3 saturated heterocycles. The second-order valence-corrected chi connectivity index (χ2v) is 22.0. The number of carbonyl (C=O) groups is 1. The quantitative estimate of drug-likeness (QED) is 0.0661. The normalized spacial score (nSPS) is 20.5. The number of aromatic nitrogens is 3. The van der Waals surface area contributed by atoms with Crippen LogP contribution in [0.2, 0.25) is 6.32 Å². The third kappa shape index (κ3) is 10.2. The number of likely N-dealkylation sites (tertiary alicyclic amines) is 1. The molecule has 14 nitrogen and oxygen atoms in total. The van der Waals surface area contributed by atoms with Gasteiger partial charge in [-0.25, -0.2) is 8.78 Å². The van der Waals surface area contributed by atoms with Crippen molar-refractivity contribution in [2.45, 2.75) is 96.5 Å².